The van der Waals surface area contributed by atoms with Crippen LogP contribution in [-0.4, -0.2) is 113 Å². The molecule has 4 aromatic rings. The van der Waals surface area contributed by atoms with E-state index in [-0.39, 0.29) is 33.6 Å². The molecule has 2 aliphatic rings. The third kappa shape index (κ3) is 9.76. The molecule has 0 spiro atoms. The van der Waals surface area contributed by atoms with Gasteiger partial charge in [0.2, 0.25) is 11.6 Å². The van der Waals surface area contributed by atoms with E-state index in [1.165, 1.54) is 0 Å². The van der Waals surface area contributed by atoms with Crippen LogP contribution in [0.25, 0.3) is 12.2 Å². The fraction of sp³-hybridized carbons (Fsp3) is 0. The largest absolute Gasteiger partial charge is 0.506 e. The number of hydrazone groups is 2. The summed E-state index contributed by atoms with van der Waals surface area (Å²) in [5.74, 6) is -8.81. The van der Waals surface area contributed by atoms with Crippen LogP contribution in [0.15, 0.2) is 90.5 Å². The van der Waals surface area contributed by atoms with Gasteiger partial charge in [0.1, 0.15) is 30.7 Å². The van der Waals surface area contributed by atoms with E-state index in [1.807, 2.05) is 10.9 Å². The van der Waals surface area contributed by atoms with Gasteiger partial charge in [-0.15, -0.1) is 0 Å². The number of carboxylic acids is 2. The summed E-state index contributed by atoms with van der Waals surface area (Å²) in [6.45, 7) is 0. The number of anilines is 4. The number of carbonyl (C=O) groups is 5. The molecule has 0 fully saturated rings. The van der Waals surface area contributed by atoms with E-state index in [2.05, 4.69) is 20.8 Å². The van der Waals surface area contributed by atoms with Crippen molar-refractivity contribution in [3.05, 3.63) is 104 Å². The highest BCUT2D eigenvalue weighted by Gasteiger charge is 2.35. The van der Waals surface area contributed by atoms with Crippen LogP contribution in [0, 0.1) is 0 Å². The molecular formula is C35H24N6O21S4. The number of aromatic carboxylic acids is 2. The van der Waals surface area contributed by atoms with Crippen LogP contribution < -0.4 is 21.5 Å². The minimum atomic E-state index is -5.30. The molecule has 2 amide bonds. The molecule has 0 saturated heterocycles. The zero-order valence-corrected chi connectivity index (χ0v) is 35.1. The summed E-state index contributed by atoms with van der Waals surface area (Å²) < 4.78 is 135. The average Bonchev–Trinajstić information content (AvgIpc) is 3.18. The summed E-state index contributed by atoms with van der Waals surface area (Å²) in [5.41, 5.74) is -2.45. The van der Waals surface area contributed by atoms with Gasteiger partial charge in [-0.2, -0.15) is 43.9 Å². The number of fused-ring (bicyclic) bond motifs is 2. The number of amides is 2. The molecule has 0 saturated carbocycles. The maximum absolute atomic E-state index is 13.5. The second-order valence-electron chi connectivity index (χ2n) is 13.3. The van der Waals surface area contributed by atoms with E-state index in [0.717, 1.165) is 48.6 Å². The van der Waals surface area contributed by atoms with Gasteiger partial charge in [-0.05, 0) is 83.9 Å². The molecule has 6 rings (SSSR count). The number of urea groups is 1. The van der Waals surface area contributed by atoms with Gasteiger partial charge < -0.3 is 31.1 Å². The zero-order valence-electron chi connectivity index (χ0n) is 31.8. The van der Waals surface area contributed by atoms with E-state index < -0.39 is 135 Å². The minimum Gasteiger partial charge on any atom is -0.506 e. The Morgan fingerprint density at radius 2 is 0.833 bits per heavy atom. The second kappa shape index (κ2) is 16.9. The number of carbonyl (C=O) groups excluding carboxylic acids is 3. The van der Waals surface area contributed by atoms with Crippen LogP contribution in [0.3, 0.4) is 0 Å². The molecule has 0 radical (unpaired) electrons. The average molecular weight is 993 g/mol. The Bertz CT molecular complexity index is 3280. The molecule has 0 heterocycles. The number of carboxylic acid groups (broad SMARTS) is 2. The molecular weight excluding hydrogens is 969 g/mol. The van der Waals surface area contributed by atoms with Gasteiger partial charge in [0.15, 0.2) is 22.9 Å². The van der Waals surface area contributed by atoms with E-state index >= 15 is 0 Å². The predicted molar refractivity (Wildman–Crippen MR) is 225 cm³/mol. The van der Waals surface area contributed by atoms with Crippen LogP contribution in [0.1, 0.15) is 52.6 Å². The molecule has 4 aromatic carbocycles. The highest BCUT2D eigenvalue weighted by Crippen LogP contribution is 2.34. The first kappa shape index (κ1) is 47.6. The van der Waals surface area contributed by atoms with Crippen LogP contribution in [0.4, 0.5) is 27.5 Å². The number of hydrogen-bond donors (Lipinski definition) is 12. The van der Waals surface area contributed by atoms with Crippen molar-refractivity contribution in [2.75, 3.05) is 21.5 Å². The quantitative estimate of drug-likeness (QED) is 0.0551. The topological polar surface area (TPSA) is 457 Å². The molecule has 0 bridgehead atoms. The number of Topliss-reactive ketones (excluding diaryl/α,β-unsaturated/α-hetero) is 2. The fourth-order valence-electron chi connectivity index (χ4n) is 6.03. The molecule has 0 unspecified atom stereocenters. The van der Waals surface area contributed by atoms with Gasteiger partial charge >= 0.3 is 18.0 Å². The molecule has 27 nitrogen and oxygen atoms in total. The van der Waals surface area contributed by atoms with Crippen molar-refractivity contribution < 1.29 is 96.3 Å². The van der Waals surface area contributed by atoms with Crippen molar-refractivity contribution in [2.24, 2.45) is 10.2 Å². The Balaban J connectivity index is 1.25. The first-order chi connectivity index (χ1) is 30.4. The van der Waals surface area contributed by atoms with Crippen molar-refractivity contribution in [1.29, 1.82) is 0 Å². The Hall–Kier alpha value is -7.91. The predicted octanol–water partition coefficient (Wildman–Crippen LogP) is 2.42. The lowest BCUT2D eigenvalue weighted by molar-refractivity contribution is 0.0682. The minimum absolute atomic E-state index is 0.116. The summed E-state index contributed by atoms with van der Waals surface area (Å²) >= 11 is 0. The Kier molecular flexibility index (Phi) is 12.2. The maximum Gasteiger partial charge on any atom is 0.339 e. The molecule has 0 atom stereocenters. The standard InChI is InChI=1S/C35H24N6O21S4/c42-29-21(33(46)47)9-17(11-25(29)65(57,58)59)38-40-27-23(63(51,52)53)7-13-5-15(1-3-19(13)31(27)44)36-35(50)37-16-2-4-20-14(6-16)8-24(64(54,55)56)28(32(20)45)41-39-18-10-22(34(48)49)30(43)26(12-18)66(60,61)62/h1-12,38-39,42-43H,(H,46,47)(H,48,49)(H2,36,37,50)(H,51,52,53)(H,54,55,56)(H,57,58,59)(H,60,61,62)/b40-27-,41-28+. The molecule has 12 N–H and O–H groups in total. The third-order valence-corrected chi connectivity index (χ3v) is 12.4. The SMILES string of the molecule is O=C(Nc1ccc2c(c1)C=C(S(=O)(=O)O)/C(=N\Nc1cc(C(=O)O)c(O)c(S(=O)(=O)O)c1)C2=O)Nc1ccc2c(c1)C=C(S(=O)(=O)O)/C(=N/Nc1cc(C(=O)O)c(O)c(S(=O)(=O)O)c1)C2=O. The molecule has 0 aromatic heterocycles. The second-order valence-corrected chi connectivity index (χ2v) is 18.8. The summed E-state index contributed by atoms with van der Waals surface area (Å²) in [7, 11) is -21.1. The van der Waals surface area contributed by atoms with Gasteiger partial charge in [0, 0.05) is 22.5 Å². The number of allylic oxidation sites excluding steroid dienone is 2. The maximum atomic E-state index is 13.5. The summed E-state index contributed by atoms with van der Waals surface area (Å²) in [6.07, 6.45) is 1.50. The van der Waals surface area contributed by atoms with E-state index in [9.17, 15) is 96.3 Å². The number of nitrogens with zero attached hydrogens (tertiary/aromatic N) is 2. The van der Waals surface area contributed by atoms with E-state index in [1.54, 1.807) is 0 Å². The number of rotatable bonds is 12. The van der Waals surface area contributed by atoms with Gasteiger partial charge in [-0.3, -0.25) is 38.7 Å². The summed E-state index contributed by atoms with van der Waals surface area (Å²) in [5, 5.41) is 50.6. The fourth-order valence-corrected chi connectivity index (χ4v) is 8.61. The van der Waals surface area contributed by atoms with Crippen molar-refractivity contribution in [2.45, 2.75) is 9.79 Å². The molecule has 344 valence electrons. The third-order valence-electron chi connectivity index (χ3n) is 8.89. The Labute approximate surface area is 368 Å². The van der Waals surface area contributed by atoms with E-state index in [0.29, 0.717) is 24.3 Å². The highest BCUT2D eigenvalue weighted by molar-refractivity contribution is 7.91. The summed E-state index contributed by atoms with van der Waals surface area (Å²) in [6, 6.07) is 7.83. The molecule has 0 aliphatic heterocycles. The van der Waals surface area contributed by atoms with Crippen molar-refractivity contribution in [1.82, 2.24) is 0 Å². The summed E-state index contributed by atoms with van der Waals surface area (Å²) in [4.78, 5) is 58.2. The van der Waals surface area contributed by atoms with Gasteiger partial charge in [-0.1, -0.05) is 0 Å². The van der Waals surface area contributed by atoms with Crippen molar-refractivity contribution in [3.63, 3.8) is 0 Å². The number of hydrogen-bond acceptors (Lipinski definition) is 19. The Morgan fingerprint density at radius 3 is 1.14 bits per heavy atom. The first-order valence-electron chi connectivity index (χ1n) is 17.1. The van der Waals surface area contributed by atoms with Gasteiger partial charge in [-0.25, -0.2) is 14.4 Å². The Morgan fingerprint density at radius 1 is 0.485 bits per heavy atom. The molecule has 66 heavy (non-hydrogen) atoms. The normalized spacial score (nSPS) is 15.3. The molecule has 31 heteroatoms. The number of benzene rings is 4. The number of ketones is 2. The van der Waals surface area contributed by atoms with Crippen molar-refractivity contribution in [3.8, 4) is 11.5 Å². The number of phenols is 2. The van der Waals surface area contributed by atoms with E-state index in [4.69, 9.17) is 0 Å². The van der Waals surface area contributed by atoms with Crippen LogP contribution in [0.2, 0.25) is 0 Å². The number of nitrogens with one attached hydrogen (secondary N) is 4. The van der Waals surface area contributed by atoms with Crippen molar-refractivity contribution >= 4 is 116 Å². The zero-order chi connectivity index (χ0) is 49.0. The highest BCUT2D eigenvalue weighted by atomic mass is 32.2. The number of aromatic hydroxyl groups is 2. The van der Waals surface area contributed by atoms with Crippen LogP contribution >= 0.6 is 0 Å². The monoisotopic (exact) mass is 992 g/mol. The van der Waals surface area contributed by atoms with Crippen LogP contribution in [0.5, 0.6) is 11.5 Å². The molecule has 2 aliphatic carbocycles. The first-order valence-corrected chi connectivity index (χ1v) is 22.9. The lowest BCUT2D eigenvalue weighted by atomic mass is 9.94. The smallest absolute Gasteiger partial charge is 0.339 e. The van der Waals surface area contributed by atoms with Gasteiger partial charge in [0.05, 0.1) is 11.4 Å². The lowest BCUT2D eigenvalue weighted by Crippen LogP contribution is -2.27. The van der Waals surface area contributed by atoms with Crippen LogP contribution in [-0.2, 0) is 40.5 Å². The lowest BCUT2D eigenvalue weighted by Gasteiger charge is -2.18. The van der Waals surface area contributed by atoms with Gasteiger partial charge in [0.25, 0.3) is 40.5 Å².